The zero-order chi connectivity index (χ0) is 21.0. The third kappa shape index (κ3) is 5.50. The highest BCUT2D eigenvalue weighted by molar-refractivity contribution is 14.2. The first-order chi connectivity index (χ1) is 13.9. The van der Waals surface area contributed by atoms with Gasteiger partial charge in [-0.15, -0.1) is 0 Å². The number of anilines is 1. The number of hydrogen-bond acceptors (Lipinski definition) is 5. The molecule has 5 nitrogen and oxygen atoms in total. The van der Waals surface area contributed by atoms with Crippen molar-refractivity contribution in [3.63, 3.8) is 0 Å². The summed E-state index contributed by atoms with van der Waals surface area (Å²) in [6.07, 6.45) is 4.69. The minimum atomic E-state index is -0.400. The highest BCUT2D eigenvalue weighted by Gasteiger charge is 2.18. The van der Waals surface area contributed by atoms with Crippen LogP contribution in [0.15, 0.2) is 48.9 Å². The van der Waals surface area contributed by atoms with Gasteiger partial charge in [0.25, 0.3) is 0 Å². The van der Waals surface area contributed by atoms with Crippen LogP contribution >= 0.6 is 63.2 Å². The first kappa shape index (κ1) is 22.5. The Balaban J connectivity index is 1.94. The van der Waals surface area contributed by atoms with Crippen LogP contribution in [0.1, 0.15) is 29.7 Å². The van der Waals surface area contributed by atoms with E-state index in [9.17, 15) is 0 Å². The van der Waals surface area contributed by atoms with E-state index < -0.39 is 6.10 Å². The lowest BCUT2D eigenvalue weighted by Gasteiger charge is -2.19. The number of nitrogens with zero attached hydrogens (tertiary/aromatic N) is 2. The summed E-state index contributed by atoms with van der Waals surface area (Å²) in [6.45, 7) is 1.86. The molecular weight excluding hydrogens is 564 g/mol. The minimum absolute atomic E-state index is 0.310. The monoisotopic (exact) mass is 578 g/mol. The summed E-state index contributed by atoms with van der Waals surface area (Å²) in [6, 6.07) is 8.97. The fourth-order valence-corrected chi connectivity index (χ4v) is 4.69. The van der Waals surface area contributed by atoms with Crippen molar-refractivity contribution in [2.24, 2.45) is 0 Å². The lowest BCUT2D eigenvalue weighted by molar-refractivity contribution is 0.227. The highest BCUT2D eigenvalue weighted by atomic mass is 127. The van der Waals surface area contributed by atoms with Crippen molar-refractivity contribution in [2.75, 3.05) is 5.09 Å². The van der Waals surface area contributed by atoms with Crippen LogP contribution in [0.25, 0.3) is 0 Å². The Morgan fingerprint density at radius 1 is 1.14 bits per heavy atom. The van der Waals surface area contributed by atoms with Gasteiger partial charge in [-0.1, -0.05) is 34.8 Å². The molecule has 2 atom stereocenters. The summed E-state index contributed by atoms with van der Waals surface area (Å²) in [5.41, 5.74) is 3.15. The van der Waals surface area contributed by atoms with Gasteiger partial charge in [0.2, 0.25) is 0 Å². The molecule has 150 valence electrons. The predicted octanol–water partition coefficient (Wildman–Crippen LogP) is 7.35. The zero-order valence-electron chi connectivity index (χ0n) is 15.0. The maximum absolute atomic E-state index is 8.64. The van der Waals surface area contributed by atoms with Crippen LogP contribution < -0.4 is 9.82 Å². The van der Waals surface area contributed by atoms with Gasteiger partial charge in [-0.3, -0.25) is 10.4 Å². The van der Waals surface area contributed by atoms with Crippen LogP contribution in [0.2, 0.25) is 15.2 Å². The second-order valence-corrected chi connectivity index (χ2v) is 9.21. The number of hydrogen-bond donors (Lipinski definition) is 2. The Morgan fingerprint density at radius 2 is 1.86 bits per heavy atom. The van der Waals surface area contributed by atoms with Gasteiger partial charge in [0.05, 0.1) is 15.8 Å². The average Bonchev–Trinajstić information content (AvgIpc) is 2.69. The predicted molar refractivity (Wildman–Crippen MR) is 131 cm³/mol. The molecule has 0 saturated heterocycles. The van der Waals surface area contributed by atoms with Gasteiger partial charge in [-0.2, -0.15) is 0 Å². The van der Waals surface area contributed by atoms with E-state index >= 15 is 0 Å². The summed E-state index contributed by atoms with van der Waals surface area (Å²) in [5, 5.41) is 13.2. The number of halogens is 4. The van der Waals surface area contributed by atoms with E-state index in [1.54, 1.807) is 18.3 Å². The van der Waals surface area contributed by atoms with Gasteiger partial charge in [0.1, 0.15) is 17.0 Å². The molecule has 2 N–H and O–H groups in total. The summed E-state index contributed by atoms with van der Waals surface area (Å²) < 4.78 is 6.08. The molecule has 0 radical (unpaired) electrons. The van der Waals surface area contributed by atoms with E-state index in [0.29, 0.717) is 49.7 Å². The molecular formula is C19H15Cl3IN4OP. The van der Waals surface area contributed by atoms with E-state index in [4.69, 9.17) is 44.9 Å². The van der Waals surface area contributed by atoms with E-state index in [1.807, 2.05) is 25.1 Å². The van der Waals surface area contributed by atoms with Gasteiger partial charge in [0.15, 0.2) is 0 Å². The molecule has 0 amide bonds. The fourth-order valence-electron chi connectivity index (χ4n) is 2.72. The largest absolute Gasteiger partial charge is 0.486 e. The molecule has 10 heteroatoms. The van der Waals surface area contributed by atoms with Crippen LogP contribution in [-0.4, -0.2) is 15.7 Å². The molecule has 1 unspecified atom stereocenters. The number of ether oxygens (including phenoxy) is 1. The first-order valence-electron chi connectivity index (χ1n) is 8.32. The van der Waals surface area contributed by atoms with Gasteiger partial charge < -0.3 is 9.82 Å². The van der Waals surface area contributed by atoms with Gasteiger partial charge in [-0.05, 0) is 59.3 Å². The highest BCUT2D eigenvalue weighted by Crippen LogP contribution is 2.35. The molecule has 0 aliphatic rings. The number of nitrogens with one attached hydrogen (secondary N) is 2. The molecule has 3 rings (SSSR count). The number of rotatable bonds is 7. The Kier molecular flexibility index (Phi) is 7.93. The number of benzene rings is 1. The van der Waals surface area contributed by atoms with E-state index in [1.165, 1.54) is 12.4 Å². The smallest absolute Gasteiger partial charge is 0.129 e. The van der Waals surface area contributed by atoms with Crippen molar-refractivity contribution in [1.29, 1.82) is 5.41 Å². The van der Waals surface area contributed by atoms with Crippen LogP contribution in [0, 0.1) is 5.41 Å². The van der Waals surface area contributed by atoms with Crippen molar-refractivity contribution < 1.29 is 4.74 Å². The Hall–Kier alpha value is -1.18. The molecule has 0 saturated carbocycles. The van der Waals surface area contributed by atoms with E-state index in [0.717, 1.165) is 5.69 Å². The van der Waals surface area contributed by atoms with Crippen LogP contribution in [0.5, 0.6) is 5.75 Å². The lowest BCUT2D eigenvalue weighted by Crippen LogP contribution is -2.08. The summed E-state index contributed by atoms with van der Waals surface area (Å²) in [4.78, 5) is 8.04. The van der Waals surface area contributed by atoms with Crippen molar-refractivity contribution in [1.82, 2.24) is 9.97 Å². The molecule has 0 spiro atoms. The molecule has 2 aromatic heterocycles. The maximum atomic E-state index is 8.64. The molecule has 0 bridgehead atoms. The minimum Gasteiger partial charge on any atom is -0.486 e. The number of pyridine rings is 2. The molecule has 0 aliphatic heterocycles. The first-order valence-corrected chi connectivity index (χ1v) is 13.6. The van der Waals surface area contributed by atoms with Gasteiger partial charge in [0, 0.05) is 47.3 Å². The molecule has 29 heavy (non-hydrogen) atoms. The van der Waals surface area contributed by atoms with Crippen molar-refractivity contribution in [3.05, 3.63) is 80.8 Å². The molecule has 1 aromatic carbocycles. The Labute approximate surface area is 198 Å². The quantitative estimate of drug-likeness (QED) is 0.133. The zero-order valence-corrected chi connectivity index (χ0v) is 20.4. The normalized spacial score (nSPS) is 12.2. The summed E-state index contributed by atoms with van der Waals surface area (Å²) in [5.74, 6) is 0.588. The summed E-state index contributed by atoms with van der Waals surface area (Å²) in [7, 11) is 0. The number of aromatic nitrogens is 2. The average molecular weight is 580 g/mol. The maximum Gasteiger partial charge on any atom is 0.129 e. The lowest BCUT2D eigenvalue weighted by atomic mass is 10.0. The van der Waals surface area contributed by atoms with Crippen LogP contribution in [0.4, 0.5) is 5.69 Å². The fraction of sp³-hybridized carbons (Fsp3) is 0.105. The van der Waals surface area contributed by atoms with E-state index in [-0.39, 0.29) is 0 Å². The van der Waals surface area contributed by atoms with Crippen LogP contribution in [-0.2, 0) is 0 Å². The molecule has 2 heterocycles. The Morgan fingerprint density at radius 3 is 2.48 bits per heavy atom. The van der Waals surface area contributed by atoms with Gasteiger partial charge >= 0.3 is 0 Å². The third-order valence-electron chi connectivity index (χ3n) is 4.07. The molecule has 3 aromatic rings. The summed E-state index contributed by atoms with van der Waals surface area (Å²) >= 11 is 20.6. The van der Waals surface area contributed by atoms with Crippen LogP contribution in [0.3, 0.4) is 0 Å². The second kappa shape index (κ2) is 10.2. The van der Waals surface area contributed by atoms with E-state index in [2.05, 4.69) is 37.1 Å². The Bertz CT molecular complexity index is 1020. The second-order valence-electron chi connectivity index (χ2n) is 5.95. The third-order valence-corrected chi connectivity index (χ3v) is 6.07. The van der Waals surface area contributed by atoms with Crippen molar-refractivity contribution in [2.45, 2.75) is 13.0 Å². The molecule has 0 aliphatic carbocycles. The van der Waals surface area contributed by atoms with Gasteiger partial charge in [-0.25, -0.2) is 4.98 Å². The SMILES string of the molecule is C[C@@H](Oc1ccc(NPI)c(C(=N)c2ccc(Cl)nc2)c1)c1c(Cl)cncc1Cl. The molecule has 0 fully saturated rings. The van der Waals surface area contributed by atoms with Crippen molar-refractivity contribution >= 4 is 74.6 Å². The topological polar surface area (TPSA) is 70.9 Å². The van der Waals surface area contributed by atoms with Crippen molar-refractivity contribution in [3.8, 4) is 5.75 Å². The standard InChI is InChI=1S/C19H15Cl3IN4OP/c1-10(18-14(20)8-25-9-15(18)21)28-12-3-4-16(27-29-23)13(6-12)19(24)11-2-5-17(22)26-7-11/h2-10,24,27,29H,1H3/t10-/m1/s1.